The van der Waals surface area contributed by atoms with Crippen LogP contribution in [0.1, 0.15) is 30.9 Å². The number of thiazole rings is 1. The summed E-state index contributed by atoms with van der Waals surface area (Å²) in [7, 11) is 0. The van der Waals surface area contributed by atoms with Gasteiger partial charge >= 0.3 is 11.9 Å². The van der Waals surface area contributed by atoms with E-state index >= 15 is 0 Å². The third-order valence-corrected chi connectivity index (χ3v) is 7.67. The molecule has 0 saturated carbocycles. The number of fused-ring (bicyclic) bond motifs is 3. The molecule has 40 heavy (non-hydrogen) atoms. The molecule has 3 aliphatic heterocycles. The molecule has 6 rings (SSSR count). The highest BCUT2D eigenvalue weighted by Crippen LogP contribution is 2.42. The van der Waals surface area contributed by atoms with Gasteiger partial charge in [0, 0.05) is 0 Å². The average molecular weight is 565 g/mol. The molecule has 4 heterocycles. The monoisotopic (exact) mass is 564 g/mol. The summed E-state index contributed by atoms with van der Waals surface area (Å²) >= 11 is 1.07. The first-order chi connectivity index (χ1) is 19.4. The van der Waals surface area contributed by atoms with Crippen LogP contribution < -0.4 is 39.4 Å². The zero-order chi connectivity index (χ0) is 28.0. The van der Waals surface area contributed by atoms with Crippen LogP contribution in [-0.2, 0) is 19.1 Å². The molecule has 206 valence electrons. The molecule has 0 radical (unpaired) electrons. The van der Waals surface area contributed by atoms with Crippen LogP contribution in [0.15, 0.2) is 46.8 Å². The van der Waals surface area contributed by atoms with Gasteiger partial charge in [-0.1, -0.05) is 12.1 Å². The lowest BCUT2D eigenvalue weighted by Gasteiger charge is -2.27. The maximum Gasteiger partial charge on any atom is 0.338 e. The molecule has 0 unspecified atom stereocenters. The summed E-state index contributed by atoms with van der Waals surface area (Å²) < 4.78 is 34.3. The Hall–Kier alpha value is -4.71. The smallest absolute Gasteiger partial charge is 0.338 e. The number of carbonyl (C=O) groups is 2. The minimum Gasteiger partial charge on any atom is -0.463 e. The van der Waals surface area contributed by atoms with E-state index in [1.165, 1.54) is 4.57 Å². The zero-order valence-electron chi connectivity index (χ0n) is 21.6. The second kappa shape index (κ2) is 10.1. The molecular weight excluding hydrogens is 540 g/mol. The van der Waals surface area contributed by atoms with Gasteiger partial charge in [0.25, 0.3) is 5.56 Å². The lowest BCUT2D eigenvalue weighted by molar-refractivity contribution is -0.138. The molecule has 3 aliphatic rings. The van der Waals surface area contributed by atoms with Gasteiger partial charge in [-0.25, -0.2) is 9.59 Å². The number of nitrogens with two attached hydrogens (primary N) is 1. The number of nitrogens with zero attached hydrogens (tertiary/aromatic N) is 1. The summed E-state index contributed by atoms with van der Waals surface area (Å²) in [5, 5.41) is 0. The summed E-state index contributed by atoms with van der Waals surface area (Å²) in [6, 6.07) is 10.4. The van der Waals surface area contributed by atoms with Crippen LogP contribution in [0.25, 0.3) is 17.5 Å². The Morgan fingerprint density at radius 1 is 0.925 bits per heavy atom. The van der Waals surface area contributed by atoms with E-state index in [9.17, 15) is 14.4 Å². The number of aromatic nitrogens is 1. The Labute approximate surface area is 231 Å². The van der Waals surface area contributed by atoms with Gasteiger partial charge in [0.05, 0.1) is 34.8 Å². The second-order valence-corrected chi connectivity index (χ2v) is 9.90. The Bertz CT molecular complexity index is 1770. The highest BCUT2D eigenvalue weighted by atomic mass is 32.1. The Morgan fingerprint density at radius 3 is 2.20 bits per heavy atom. The largest absolute Gasteiger partial charge is 0.463 e. The van der Waals surface area contributed by atoms with Crippen LogP contribution in [-0.4, -0.2) is 43.3 Å². The third-order valence-electron chi connectivity index (χ3n) is 6.56. The maximum absolute atomic E-state index is 13.7. The highest BCUT2D eigenvalue weighted by Gasteiger charge is 2.40. The van der Waals surface area contributed by atoms with Gasteiger partial charge in [0.2, 0.25) is 13.6 Å². The average Bonchev–Trinajstić information content (AvgIpc) is 3.67. The number of esters is 2. The lowest BCUT2D eigenvalue weighted by atomic mass is 9.83. The summed E-state index contributed by atoms with van der Waals surface area (Å²) in [5.74, 6) is -0.427. The van der Waals surface area contributed by atoms with Gasteiger partial charge in [-0.15, -0.1) is 11.3 Å². The molecule has 0 spiro atoms. The van der Waals surface area contributed by atoms with E-state index in [4.69, 9.17) is 34.2 Å². The summed E-state index contributed by atoms with van der Waals surface area (Å²) in [6.07, 6.45) is 1.66. The summed E-state index contributed by atoms with van der Waals surface area (Å²) in [6.45, 7) is 3.63. The SMILES string of the molecule is CCOC(=O)C1=C(N)n2c(s/c(=C/c3ccc4c(c3)OCO4)c2=O)=C(C(=O)OCC)[C@@H]1c1ccc2c(c1)OCO2. The van der Waals surface area contributed by atoms with Gasteiger partial charge in [0.1, 0.15) is 10.5 Å². The Kier molecular flexibility index (Phi) is 6.46. The van der Waals surface area contributed by atoms with Crippen molar-refractivity contribution < 1.29 is 38.0 Å². The first kappa shape index (κ1) is 25.6. The number of ether oxygens (including phenoxy) is 6. The van der Waals surface area contributed by atoms with Gasteiger partial charge in [0.15, 0.2) is 23.0 Å². The van der Waals surface area contributed by atoms with Crippen molar-refractivity contribution in [2.24, 2.45) is 5.73 Å². The van der Waals surface area contributed by atoms with E-state index in [0.717, 1.165) is 11.3 Å². The molecule has 2 N–H and O–H groups in total. The van der Waals surface area contributed by atoms with Crippen molar-refractivity contribution in [3.8, 4) is 23.0 Å². The molecule has 12 heteroatoms. The second-order valence-electron chi connectivity index (χ2n) is 8.87. The maximum atomic E-state index is 13.7. The summed E-state index contributed by atoms with van der Waals surface area (Å²) in [5.41, 5.74) is 7.30. The number of benzene rings is 2. The first-order valence-electron chi connectivity index (χ1n) is 12.5. The van der Waals surface area contributed by atoms with Gasteiger partial charge < -0.3 is 34.2 Å². The highest BCUT2D eigenvalue weighted by molar-refractivity contribution is 7.07. The van der Waals surface area contributed by atoms with Crippen LogP contribution in [0.4, 0.5) is 0 Å². The van der Waals surface area contributed by atoms with Crippen molar-refractivity contribution in [1.82, 2.24) is 4.57 Å². The quantitative estimate of drug-likeness (QED) is 0.437. The third kappa shape index (κ3) is 4.16. The van der Waals surface area contributed by atoms with Crippen LogP contribution >= 0.6 is 11.3 Å². The standard InChI is InChI=1S/C28H24N2O9S/c1-3-34-27(32)22-21(15-6-8-17-19(11-15)39-13-37-17)23(28(33)35-4-2)26-30(24(22)29)25(31)20(40-26)10-14-5-7-16-18(9-14)38-12-36-16/h5-11,21H,3-4,12-13,29H2,1-2H3/b20-10+/t21-/m1/s1. The molecule has 0 bridgehead atoms. The molecule has 1 aromatic heterocycles. The number of hydrogen-bond donors (Lipinski definition) is 1. The molecule has 0 aliphatic carbocycles. The molecule has 2 aromatic carbocycles. The topological polar surface area (TPSA) is 138 Å². The van der Waals surface area contributed by atoms with E-state index in [0.29, 0.717) is 34.1 Å². The van der Waals surface area contributed by atoms with Crippen LogP contribution in [0.2, 0.25) is 0 Å². The fourth-order valence-electron chi connectivity index (χ4n) is 4.84. The van der Waals surface area contributed by atoms with Crippen LogP contribution in [0.3, 0.4) is 0 Å². The van der Waals surface area contributed by atoms with Crippen molar-refractivity contribution >= 4 is 40.7 Å². The van der Waals surface area contributed by atoms with Crippen molar-refractivity contribution in [2.45, 2.75) is 19.8 Å². The van der Waals surface area contributed by atoms with Crippen molar-refractivity contribution in [2.75, 3.05) is 26.8 Å². The van der Waals surface area contributed by atoms with E-state index in [1.54, 1.807) is 56.3 Å². The normalized spacial score (nSPS) is 17.2. The first-order valence-corrected chi connectivity index (χ1v) is 13.3. The summed E-state index contributed by atoms with van der Waals surface area (Å²) in [4.78, 5) is 40.6. The molecule has 11 nitrogen and oxygen atoms in total. The van der Waals surface area contributed by atoms with Crippen molar-refractivity contribution in [3.05, 3.63) is 72.6 Å². The lowest BCUT2D eigenvalue weighted by Crippen LogP contribution is -2.42. The molecule has 3 aromatic rings. The van der Waals surface area contributed by atoms with Crippen molar-refractivity contribution in [1.29, 1.82) is 0 Å². The predicted molar refractivity (Wildman–Crippen MR) is 143 cm³/mol. The molecule has 0 fully saturated rings. The minimum atomic E-state index is -0.996. The number of rotatable bonds is 6. The number of hydrogen-bond acceptors (Lipinski definition) is 11. The fourth-order valence-corrected chi connectivity index (χ4v) is 6.01. The van der Waals surface area contributed by atoms with E-state index in [2.05, 4.69) is 0 Å². The molecule has 1 atom stereocenters. The van der Waals surface area contributed by atoms with Gasteiger partial charge in [-0.05, 0) is 55.3 Å². The van der Waals surface area contributed by atoms with E-state index in [-0.39, 0.29) is 53.0 Å². The van der Waals surface area contributed by atoms with Gasteiger partial charge in [-0.3, -0.25) is 9.36 Å². The fraction of sp³-hybridized carbons (Fsp3) is 0.250. The van der Waals surface area contributed by atoms with E-state index < -0.39 is 23.4 Å². The molecule has 0 saturated heterocycles. The predicted octanol–water partition coefficient (Wildman–Crippen LogP) is 1.40. The zero-order valence-corrected chi connectivity index (χ0v) is 22.4. The van der Waals surface area contributed by atoms with Crippen LogP contribution in [0.5, 0.6) is 23.0 Å². The number of carbonyl (C=O) groups excluding carboxylic acids is 2. The molecule has 0 amide bonds. The van der Waals surface area contributed by atoms with E-state index in [1.807, 2.05) is 0 Å². The Morgan fingerprint density at radius 2 is 1.52 bits per heavy atom. The van der Waals surface area contributed by atoms with Crippen LogP contribution in [0, 0.1) is 0 Å². The minimum absolute atomic E-state index is 0.0458. The molecular formula is C28H24N2O9S. The Balaban J connectivity index is 1.63. The van der Waals surface area contributed by atoms with Gasteiger partial charge in [-0.2, -0.15) is 0 Å². The van der Waals surface area contributed by atoms with Crippen molar-refractivity contribution in [3.63, 3.8) is 0 Å².